The van der Waals surface area contributed by atoms with Crippen molar-refractivity contribution in [3.63, 3.8) is 0 Å². The van der Waals surface area contributed by atoms with E-state index in [1.807, 2.05) is 0 Å². The van der Waals surface area contributed by atoms with Crippen molar-refractivity contribution in [1.82, 2.24) is 0 Å². The molecule has 0 bridgehead atoms. The van der Waals surface area contributed by atoms with Gasteiger partial charge < -0.3 is 0 Å². The Morgan fingerprint density at radius 3 is 1.83 bits per heavy atom. The maximum Gasteiger partial charge on any atom is -0.147 e. The van der Waals surface area contributed by atoms with Gasteiger partial charge >= 0.3 is 168 Å². The van der Waals surface area contributed by atoms with E-state index in [9.17, 15) is 0 Å². The summed E-state index contributed by atoms with van der Waals surface area (Å²) in [6.07, 6.45) is 4.72. The molecular formula is C24H25Cl3SiZr. The van der Waals surface area contributed by atoms with Crippen molar-refractivity contribution >= 4 is 46.3 Å². The first-order valence-corrected chi connectivity index (χ1v) is 23.4. The van der Waals surface area contributed by atoms with Crippen molar-refractivity contribution in [2.45, 2.75) is 18.3 Å². The van der Waals surface area contributed by atoms with E-state index in [1.165, 1.54) is 33.4 Å². The molecule has 0 amide bonds. The van der Waals surface area contributed by atoms with E-state index in [2.05, 4.69) is 98.8 Å². The maximum atomic E-state index is 8.05. The molecule has 0 nitrogen and oxygen atoms in total. The van der Waals surface area contributed by atoms with Gasteiger partial charge in [-0.25, -0.2) is 0 Å². The first kappa shape index (κ1) is 23.0. The quantitative estimate of drug-likeness (QED) is 0.309. The molecule has 0 heterocycles. The average molecular weight is 539 g/mol. The van der Waals surface area contributed by atoms with E-state index < -0.39 is 16.2 Å². The zero-order valence-corrected chi connectivity index (χ0v) is 22.6. The van der Waals surface area contributed by atoms with Crippen LogP contribution in [0.2, 0.25) is 4.13 Å². The summed E-state index contributed by atoms with van der Waals surface area (Å²) in [5, 5.41) is 0. The summed E-state index contributed by atoms with van der Waals surface area (Å²) >= 11 is -3.83. The van der Waals surface area contributed by atoms with Crippen LogP contribution in [0.25, 0.3) is 17.2 Å². The van der Waals surface area contributed by atoms with Gasteiger partial charge in [0.2, 0.25) is 0 Å². The van der Waals surface area contributed by atoms with Gasteiger partial charge in [0.1, 0.15) is 0 Å². The Hall–Kier alpha value is -0.630. The average Bonchev–Trinajstić information content (AvgIpc) is 3.29. The fraction of sp³-hybridized carbons (Fsp3) is 0.167. The molecule has 2 aliphatic carbocycles. The largest absolute Gasteiger partial charge is 0.147 e. The van der Waals surface area contributed by atoms with Crippen LogP contribution in [0, 0.1) is 0 Å². The predicted octanol–water partition coefficient (Wildman–Crippen LogP) is 7.20. The fourth-order valence-electron chi connectivity index (χ4n) is 5.34. The molecule has 3 aromatic carbocycles. The van der Waals surface area contributed by atoms with Gasteiger partial charge in [0.25, 0.3) is 0 Å². The maximum absolute atomic E-state index is 8.05. The molecule has 5 heteroatoms. The molecule has 0 N–H and O–H groups in total. The molecule has 2 aliphatic rings. The van der Waals surface area contributed by atoms with Gasteiger partial charge in [0, 0.05) is 0 Å². The smallest absolute Gasteiger partial charge is 0.147 e. The molecule has 0 radical (unpaired) electrons. The summed E-state index contributed by atoms with van der Waals surface area (Å²) in [4.78, 5) is 0. The first-order valence-electron chi connectivity index (χ1n) is 9.73. The molecule has 29 heavy (non-hydrogen) atoms. The molecule has 5 rings (SSSR count). The molecule has 0 fully saturated rings. The summed E-state index contributed by atoms with van der Waals surface area (Å²) in [6, 6.07) is 26.7. The third-order valence-electron chi connectivity index (χ3n) is 6.85. The monoisotopic (exact) mass is 536 g/mol. The minimum absolute atomic E-state index is 0. The van der Waals surface area contributed by atoms with Gasteiger partial charge in [-0.1, -0.05) is 0 Å². The summed E-state index contributed by atoms with van der Waals surface area (Å²) in [5.41, 5.74) is 8.46. The van der Waals surface area contributed by atoms with Crippen molar-refractivity contribution in [1.29, 1.82) is 0 Å². The molecule has 0 saturated carbocycles. The Balaban J connectivity index is 0.00000120. The molecule has 0 aromatic heterocycles. The van der Waals surface area contributed by atoms with Crippen LogP contribution in [0.5, 0.6) is 0 Å². The Morgan fingerprint density at radius 1 is 0.793 bits per heavy atom. The molecule has 3 aromatic rings. The van der Waals surface area contributed by atoms with Gasteiger partial charge in [-0.3, -0.25) is 0 Å². The molecule has 0 aliphatic heterocycles. The second kappa shape index (κ2) is 8.13. The van der Waals surface area contributed by atoms with E-state index in [4.69, 9.17) is 8.51 Å². The second-order valence-electron chi connectivity index (χ2n) is 8.15. The number of allylic oxidation sites excluding steroid dienone is 1. The number of hydrogen-bond donors (Lipinski definition) is 0. The van der Waals surface area contributed by atoms with Gasteiger partial charge in [0.15, 0.2) is 0 Å². The van der Waals surface area contributed by atoms with Crippen molar-refractivity contribution in [3.05, 3.63) is 101 Å². The van der Waals surface area contributed by atoms with Crippen LogP contribution in [0.1, 0.15) is 36.4 Å². The third kappa shape index (κ3) is 3.27. The van der Waals surface area contributed by atoms with Gasteiger partial charge in [-0.2, -0.15) is 0 Å². The second-order valence-corrected chi connectivity index (χ2v) is 39.6. The van der Waals surface area contributed by atoms with Crippen LogP contribution in [0.15, 0.2) is 78.9 Å². The Labute approximate surface area is 191 Å². The fourth-order valence-corrected chi connectivity index (χ4v) is 24.2. The molecule has 0 spiro atoms. The number of rotatable bonds is 3. The van der Waals surface area contributed by atoms with Crippen molar-refractivity contribution in [2.24, 2.45) is 0 Å². The van der Waals surface area contributed by atoms with Crippen molar-refractivity contribution in [3.8, 4) is 11.1 Å². The van der Waals surface area contributed by atoms with E-state index in [1.54, 1.807) is 0 Å². The molecule has 1 unspecified atom stereocenters. The zero-order valence-electron chi connectivity index (χ0n) is 16.3. The molecular weight excluding hydrogens is 514 g/mol. The Bertz CT molecular complexity index is 1120. The molecule has 1 atom stereocenters. The summed E-state index contributed by atoms with van der Waals surface area (Å²) in [7, 11) is 8.05. The van der Waals surface area contributed by atoms with Crippen LogP contribution in [0.3, 0.4) is 0 Å². The summed E-state index contributed by atoms with van der Waals surface area (Å²) < 4.78 is 1.85. The first-order chi connectivity index (χ1) is 13.0. The number of hydrogen-bond acceptors (Lipinski definition) is 0. The van der Waals surface area contributed by atoms with E-state index >= 15 is 0 Å². The minimum Gasteiger partial charge on any atom is -0.147 e. The summed E-state index contributed by atoms with van der Waals surface area (Å²) in [5.74, 6) is 0. The number of fused-ring (bicyclic) bond motifs is 4. The standard InChI is InChI=1S/C13H9.C9H7.C2H5.3ClH.H2Si.Zr/c1-3-7-12-10(5-1)9-11-6-2-4-8-13(11)12;1-2-5-9-7-3-6-8(9)4-1;1-2;;;;;/h1-9H;1-7H;1H2,2H3;3*1H;1H2;/q;;;;;;;+1/p-1. The zero-order chi connectivity index (χ0) is 18.7. The SMILES string of the molecule is C[CH2][Zr](=[SiH2])([Cl])([CH]1C=Cc2ccccc21)[CH]1c2ccccc2-c2ccccc21.Cl.Cl. The normalized spacial score (nSPS) is 17.0. The van der Waals surface area contributed by atoms with Gasteiger partial charge in [-0.05, 0) is 0 Å². The third-order valence-corrected chi connectivity index (χ3v) is 32.7. The topological polar surface area (TPSA) is 0 Å². The number of benzene rings is 3. The predicted molar refractivity (Wildman–Crippen MR) is 131 cm³/mol. The van der Waals surface area contributed by atoms with E-state index in [-0.39, 0.29) is 24.8 Å². The number of halogens is 3. The van der Waals surface area contributed by atoms with Crippen LogP contribution < -0.4 is 0 Å². The van der Waals surface area contributed by atoms with Gasteiger partial charge in [-0.15, -0.1) is 24.8 Å². The molecule has 0 saturated heterocycles. The Kier molecular flexibility index (Phi) is 6.46. The Morgan fingerprint density at radius 2 is 1.28 bits per heavy atom. The van der Waals surface area contributed by atoms with E-state index in [0.717, 1.165) is 4.13 Å². The van der Waals surface area contributed by atoms with Crippen molar-refractivity contribution < 1.29 is 16.2 Å². The van der Waals surface area contributed by atoms with Crippen LogP contribution in [-0.2, 0) is 16.2 Å². The van der Waals surface area contributed by atoms with Crippen molar-refractivity contribution in [2.75, 3.05) is 0 Å². The van der Waals surface area contributed by atoms with Gasteiger partial charge in [0.05, 0.1) is 0 Å². The van der Waals surface area contributed by atoms with E-state index in [0.29, 0.717) is 7.25 Å². The summed E-state index contributed by atoms with van der Waals surface area (Å²) in [6.45, 7) is 4.55. The van der Waals surface area contributed by atoms with Crippen LogP contribution in [-0.4, -0.2) is 6.88 Å². The minimum atomic E-state index is -3.83. The van der Waals surface area contributed by atoms with Crippen LogP contribution >= 0.6 is 33.3 Å². The molecule has 150 valence electrons. The van der Waals surface area contributed by atoms with Crippen LogP contribution in [0.4, 0.5) is 0 Å².